The number of hydrogen-bond donors (Lipinski definition) is 1. The molecule has 2 nitrogen and oxygen atoms in total. The van der Waals surface area contributed by atoms with Crippen LogP contribution in [0.4, 0.5) is 8.78 Å². The molecule has 1 N–H and O–H groups in total. The molecular formula is C15H20F2N2. The van der Waals surface area contributed by atoms with E-state index in [9.17, 15) is 8.78 Å². The molecule has 0 saturated heterocycles. The molecule has 0 radical (unpaired) electrons. The maximum atomic E-state index is 13.5. The van der Waals surface area contributed by atoms with Crippen molar-refractivity contribution in [2.45, 2.75) is 33.1 Å². The third-order valence-corrected chi connectivity index (χ3v) is 2.82. The number of benzene rings is 1. The second-order valence-electron chi connectivity index (χ2n) is 4.45. The van der Waals surface area contributed by atoms with Crippen molar-refractivity contribution < 1.29 is 8.78 Å². The van der Waals surface area contributed by atoms with Crippen LogP contribution in [0.25, 0.3) is 0 Å². The number of amidine groups is 1. The lowest BCUT2D eigenvalue weighted by atomic mass is 9.97. The highest BCUT2D eigenvalue weighted by Gasteiger charge is 2.27. The summed E-state index contributed by atoms with van der Waals surface area (Å²) in [6, 6.07) is 4.86. The van der Waals surface area contributed by atoms with E-state index in [1.807, 2.05) is 6.92 Å². The second-order valence-corrected chi connectivity index (χ2v) is 4.45. The van der Waals surface area contributed by atoms with Gasteiger partial charge in [-0.2, -0.15) is 0 Å². The Balaban J connectivity index is 3.25. The molecule has 19 heavy (non-hydrogen) atoms. The van der Waals surface area contributed by atoms with Crippen LogP contribution in [0.1, 0.15) is 37.0 Å². The Bertz CT molecular complexity index is 474. The van der Waals surface area contributed by atoms with Crippen molar-refractivity contribution in [3.05, 3.63) is 47.7 Å². The zero-order chi connectivity index (χ0) is 14.5. The largest absolute Gasteiger partial charge is 0.370 e. The Kier molecular flexibility index (Phi) is 5.21. The van der Waals surface area contributed by atoms with Gasteiger partial charge in [-0.15, -0.1) is 0 Å². The molecule has 0 bridgehead atoms. The summed E-state index contributed by atoms with van der Waals surface area (Å²) in [6.45, 7) is 8.92. The monoisotopic (exact) mass is 266 g/mol. The van der Waals surface area contributed by atoms with E-state index < -0.39 is 5.92 Å². The van der Waals surface area contributed by atoms with Crippen molar-refractivity contribution >= 4 is 5.84 Å². The summed E-state index contributed by atoms with van der Waals surface area (Å²) < 4.78 is 27.0. The molecule has 0 amide bonds. The van der Waals surface area contributed by atoms with Gasteiger partial charge in [0, 0.05) is 30.8 Å². The smallest absolute Gasteiger partial charge is 0.270 e. The zero-order valence-electron chi connectivity index (χ0n) is 11.6. The summed E-state index contributed by atoms with van der Waals surface area (Å²) in [4.78, 5) is 4.14. The van der Waals surface area contributed by atoms with Gasteiger partial charge in [0.05, 0.1) is 0 Å². The number of hydrogen-bond acceptors (Lipinski definition) is 1. The van der Waals surface area contributed by atoms with Gasteiger partial charge in [0.1, 0.15) is 5.84 Å². The Morgan fingerprint density at radius 2 is 2.16 bits per heavy atom. The molecule has 1 aromatic carbocycles. The molecule has 0 aromatic heterocycles. The normalized spacial score (nSPS) is 12.4. The van der Waals surface area contributed by atoms with E-state index in [0.717, 1.165) is 19.9 Å². The first-order valence-corrected chi connectivity index (χ1v) is 6.32. The number of nitrogens with one attached hydrogen (secondary N) is 1. The predicted octanol–water partition coefficient (Wildman–Crippen LogP) is 4.00. The fraction of sp³-hybridized carbons (Fsp3) is 0.400. The first kappa shape index (κ1) is 15.3. The number of halogens is 2. The molecule has 4 heteroatoms. The van der Waals surface area contributed by atoms with Crippen LogP contribution in [0.2, 0.25) is 0 Å². The van der Waals surface area contributed by atoms with E-state index in [2.05, 4.69) is 16.9 Å². The Labute approximate surface area is 113 Å². The highest BCUT2D eigenvalue weighted by atomic mass is 19.3. The number of aliphatic imine (C=N–C) groups is 1. The standard InChI is InChI=1S/C15H20F2N2/c1-5-10-19-14(18-6-2)12-8-7-9-13(11(12)3)15(4,16)17/h6-9H,2,5,10H2,1,3-4H3,(H,18,19). The Hall–Kier alpha value is -1.71. The number of rotatable bonds is 5. The van der Waals surface area contributed by atoms with E-state index in [4.69, 9.17) is 0 Å². The highest BCUT2D eigenvalue weighted by molar-refractivity contribution is 6.00. The van der Waals surface area contributed by atoms with Crippen molar-refractivity contribution in [1.82, 2.24) is 5.32 Å². The molecule has 104 valence electrons. The SMILES string of the molecule is C=C/N=C(/NCCC)c1cccc(C(C)(F)F)c1C. The van der Waals surface area contributed by atoms with E-state index >= 15 is 0 Å². The van der Waals surface area contributed by atoms with Crippen molar-refractivity contribution in [3.8, 4) is 0 Å². The molecule has 0 aliphatic carbocycles. The summed E-state index contributed by atoms with van der Waals surface area (Å²) >= 11 is 0. The molecule has 0 aliphatic rings. The van der Waals surface area contributed by atoms with E-state index in [1.54, 1.807) is 19.1 Å². The van der Waals surface area contributed by atoms with Gasteiger partial charge in [-0.3, -0.25) is 0 Å². The van der Waals surface area contributed by atoms with Crippen molar-refractivity contribution in [2.24, 2.45) is 4.99 Å². The Morgan fingerprint density at radius 1 is 1.47 bits per heavy atom. The van der Waals surface area contributed by atoms with E-state index in [0.29, 0.717) is 17.0 Å². The second kappa shape index (κ2) is 6.45. The molecule has 0 unspecified atom stereocenters. The topological polar surface area (TPSA) is 24.4 Å². The summed E-state index contributed by atoms with van der Waals surface area (Å²) in [5.74, 6) is -2.27. The van der Waals surface area contributed by atoms with Crippen LogP contribution in [0.5, 0.6) is 0 Å². The summed E-state index contributed by atoms with van der Waals surface area (Å²) in [7, 11) is 0. The summed E-state index contributed by atoms with van der Waals surface area (Å²) in [5.41, 5.74) is 1.26. The summed E-state index contributed by atoms with van der Waals surface area (Å²) in [5, 5.41) is 3.14. The molecule has 1 aromatic rings. The first-order chi connectivity index (χ1) is 8.91. The van der Waals surface area contributed by atoms with Crippen LogP contribution < -0.4 is 5.32 Å². The van der Waals surface area contributed by atoms with Crippen LogP contribution in [-0.2, 0) is 5.92 Å². The van der Waals surface area contributed by atoms with E-state index in [1.165, 1.54) is 12.3 Å². The number of alkyl halides is 2. The first-order valence-electron chi connectivity index (χ1n) is 6.32. The fourth-order valence-corrected chi connectivity index (χ4v) is 1.91. The molecule has 0 aliphatic heterocycles. The minimum Gasteiger partial charge on any atom is -0.370 e. The molecule has 0 saturated carbocycles. The maximum Gasteiger partial charge on any atom is 0.270 e. The van der Waals surface area contributed by atoms with Gasteiger partial charge in [0.2, 0.25) is 0 Å². The van der Waals surface area contributed by atoms with Gasteiger partial charge in [-0.05, 0) is 18.9 Å². The van der Waals surface area contributed by atoms with Gasteiger partial charge >= 0.3 is 0 Å². The highest BCUT2D eigenvalue weighted by Crippen LogP contribution is 2.31. The summed E-state index contributed by atoms with van der Waals surface area (Å²) in [6.07, 6.45) is 2.34. The van der Waals surface area contributed by atoms with Gasteiger partial charge in [0.25, 0.3) is 5.92 Å². The number of nitrogens with zero attached hydrogens (tertiary/aromatic N) is 1. The lowest BCUT2D eigenvalue weighted by molar-refractivity contribution is 0.0168. The van der Waals surface area contributed by atoms with Gasteiger partial charge < -0.3 is 5.32 Å². The van der Waals surface area contributed by atoms with Crippen molar-refractivity contribution in [1.29, 1.82) is 0 Å². The quantitative estimate of drug-likeness (QED) is 0.632. The maximum absolute atomic E-state index is 13.5. The van der Waals surface area contributed by atoms with Crippen LogP contribution in [0, 0.1) is 6.92 Å². The van der Waals surface area contributed by atoms with Crippen LogP contribution in [0.15, 0.2) is 36.0 Å². The van der Waals surface area contributed by atoms with Crippen LogP contribution in [-0.4, -0.2) is 12.4 Å². The molecule has 0 heterocycles. The average Bonchev–Trinajstić information content (AvgIpc) is 2.33. The van der Waals surface area contributed by atoms with Crippen molar-refractivity contribution in [2.75, 3.05) is 6.54 Å². The molecule has 0 atom stereocenters. The van der Waals surface area contributed by atoms with Gasteiger partial charge in [-0.1, -0.05) is 31.7 Å². The zero-order valence-corrected chi connectivity index (χ0v) is 11.6. The molecular weight excluding hydrogens is 246 g/mol. The van der Waals surface area contributed by atoms with Crippen LogP contribution >= 0.6 is 0 Å². The average molecular weight is 266 g/mol. The van der Waals surface area contributed by atoms with E-state index in [-0.39, 0.29) is 5.56 Å². The van der Waals surface area contributed by atoms with Crippen molar-refractivity contribution in [3.63, 3.8) is 0 Å². The molecule has 1 rings (SSSR count). The minimum atomic E-state index is -2.86. The molecule has 0 fully saturated rings. The minimum absolute atomic E-state index is 0.0278. The Morgan fingerprint density at radius 3 is 2.68 bits per heavy atom. The fourth-order valence-electron chi connectivity index (χ4n) is 1.91. The third kappa shape index (κ3) is 3.88. The van der Waals surface area contributed by atoms with Crippen LogP contribution in [0.3, 0.4) is 0 Å². The lowest BCUT2D eigenvalue weighted by Crippen LogP contribution is -2.26. The van der Waals surface area contributed by atoms with Gasteiger partial charge in [0.15, 0.2) is 0 Å². The third-order valence-electron chi connectivity index (χ3n) is 2.82. The predicted molar refractivity (Wildman–Crippen MR) is 75.8 cm³/mol. The van der Waals surface area contributed by atoms with Gasteiger partial charge in [-0.25, -0.2) is 13.8 Å². The molecule has 0 spiro atoms. The lowest BCUT2D eigenvalue weighted by Gasteiger charge is -2.18.